The lowest BCUT2D eigenvalue weighted by atomic mass is 10.0. The number of aromatic nitrogens is 2. The Bertz CT molecular complexity index is 1340. The number of likely N-dealkylation sites (N-methyl/N-ethyl adjacent to an activating group) is 1. The van der Waals surface area contributed by atoms with E-state index in [2.05, 4.69) is 65.0 Å². The Balaban J connectivity index is 1.41. The fourth-order valence-corrected chi connectivity index (χ4v) is 4.91. The van der Waals surface area contributed by atoms with Crippen molar-refractivity contribution < 1.29 is 9.47 Å². The van der Waals surface area contributed by atoms with Gasteiger partial charge in [-0.05, 0) is 74.4 Å². The molecule has 7 nitrogen and oxygen atoms in total. The molecular formula is C29H33N5O2. The minimum atomic E-state index is 0.128. The number of benzene rings is 1. The van der Waals surface area contributed by atoms with E-state index in [0.29, 0.717) is 11.3 Å². The van der Waals surface area contributed by atoms with E-state index in [4.69, 9.17) is 9.47 Å². The number of aromatic amines is 1. The van der Waals surface area contributed by atoms with Gasteiger partial charge in [0.25, 0.3) is 0 Å². The Labute approximate surface area is 212 Å². The summed E-state index contributed by atoms with van der Waals surface area (Å²) >= 11 is 0. The Hall–Kier alpha value is -3.60. The van der Waals surface area contributed by atoms with Crippen LogP contribution >= 0.6 is 0 Å². The number of nitrogens with one attached hydrogen (secondary N) is 1. The fraction of sp³-hybridized carbons (Fsp3) is 0.379. The second kappa shape index (κ2) is 10.6. The number of hydrogen-bond acceptors (Lipinski definition) is 6. The number of nitrogens with zero attached hydrogens (tertiary/aromatic N) is 4. The Morgan fingerprint density at radius 1 is 1.17 bits per heavy atom. The highest BCUT2D eigenvalue weighted by molar-refractivity contribution is 5.95. The third-order valence-electron chi connectivity index (χ3n) is 7.09. The molecule has 4 heterocycles. The molecule has 1 atom stereocenters. The van der Waals surface area contributed by atoms with Crippen LogP contribution in [0.4, 0.5) is 0 Å². The number of allylic oxidation sites excluding steroid dienone is 4. The van der Waals surface area contributed by atoms with Crippen LogP contribution < -0.4 is 4.74 Å². The van der Waals surface area contributed by atoms with Crippen molar-refractivity contribution in [2.24, 2.45) is 0 Å². The zero-order chi connectivity index (χ0) is 25.1. The summed E-state index contributed by atoms with van der Waals surface area (Å²) in [5.74, 6) is 0.655. The zero-order valence-electron chi connectivity index (χ0n) is 21.3. The van der Waals surface area contributed by atoms with Crippen LogP contribution in [-0.2, 0) is 4.74 Å². The van der Waals surface area contributed by atoms with Gasteiger partial charge in [-0.1, -0.05) is 12.1 Å². The minimum Gasteiger partial charge on any atom is -0.488 e. The maximum Gasteiger partial charge on any atom is 0.138 e. The molecule has 1 unspecified atom stereocenters. The largest absolute Gasteiger partial charge is 0.488 e. The second-order valence-electron chi connectivity index (χ2n) is 9.67. The van der Waals surface area contributed by atoms with E-state index in [9.17, 15) is 5.26 Å². The van der Waals surface area contributed by atoms with Crippen molar-refractivity contribution in [3.63, 3.8) is 0 Å². The van der Waals surface area contributed by atoms with Crippen molar-refractivity contribution in [1.29, 1.82) is 5.26 Å². The Kier molecular flexibility index (Phi) is 7.08. The van der Waals surface area contributed by atoms with Gasteiger partial charge in [0.05, 0.1) is 18.8 Å². The van der Waals surface area contributed by atoms with Crippen LogP contribution in [0.2, 0.25) is 0 Å². The highest BCUT2D eigenvalue weighted by atomic mass is 16.5. The number of nitriles is 1. The topological polar surface area (TPSA) is 77.4 Å². The van der Waals surface area contributed by atoms with Gasteiger partial charge in [-0.25, -0.2) is 4.98 Å². The molecule has 2 aliphatic rings. The first kappa shape index (κ1) is 24.1. The molecule has 0 saturated carbocycles. The Morgan fingerprint density at radius 3 is 2.75 bits per heavy atom. The normalized spacial score (nSPS) is 19.6. The lowest BCUT2D eigenvalue weighted by molar-refractivity contribution is 0.0537. The summed E-state index contributed by atoms with van der Waals surface area (Å²) in [6.45, 7) is 9.58. The third-order valence-corrected chi connectivity index (χ3v) is 7.09. The molecule has 0 spiro atoms. The van der Waals surface area contributed by atoms with E-state index < -0.39 is 0 Å². The number of morpholine rings is 1. The number of likely N-dealkylation sites (tertiary alicyclic amines) is 1. The maximum absolute atomic E-state index is 9.82. The first-order chi connectivity index (χ1) is 17.5. The van der Waals surface area contributed by atoms with Gasteiger partial charge in [-0.3, -0.25) is 0 Å². The molecule has 2 aromatic heterocycles. The minimum absolute atomic E-state index is 0.128. The molecule has 7 heteroatoms. The maximum atomic E-state index is 9.82. The summed E-state index contributed by atoms with van der Waals surface area (Å²) in [4.78, 5) is 12.6. The molecule has 0 aliphatic carbocycles. The molecule has 36 heavy (non-hydrogen) atoms. The molecule has 0 radical (unpaired) electrons. The molecule has 1 aromatic carbocycles. The molecule has 5 rings (SSSR count). The number of H-pyrrole nitrogens is 1. The highest BCUT2D eigenvalue weighted by Crippen LogP contribution is 2.33. The molecule has 3 aromatic rings. The lowest BCUT2D eigenvalue weighted by Crippen LogP contribution is -2.34. The van der Waals surface area contributed by atoms with Gasteiger partial charge >= 0.3 is 0 Å². The van der Waals surface area contributed by atoms with Gasteiger partial charge in [0.15, 0.2) is 0 Å². The van der Waals surface area contributed by atoms with Crippen molar-refractivity contribution in [3.8, 4) is 22.9 Å². The van der Waals surface area contributed by atoms with Gasteiger partial charge in [0.1, 0.15) is 23.6 Å². The van der Waals surface area contributed by atoms with E-state index in [1.54, 1.807) is 0 Å². The summed E-state index contributed by atoms with van der Waals surface area (Å²) in [6, 6.07) is 12.4. The highest BCUT2D eigenvalue weighted by Gasteiger charge is 2.22. The zero-order valence-corrected chi connectivity index (χ0v) is 21.3. The molecule has 2 fully saturated rings. The van der Waals surface area contributed by atoms with E-state index in [-0.39, 0.29) is 6.10 Å². The van der Waals surface area contributed by atoms with Gasteiger partial charge < -0.3 is 24.3 Å². The summed E-state index contributed by atoms with van der Waals surface area (Å²) < 4.78 is 11.6. The van der Waals surface area contributed by atoms with Crippen molar-refractivity contribution in [3.05, 3.63) is 65.6 Å². The number of fused-ring (bicyclic) bond motifs is 1. The van der Waals surface area contributed by atoms with Gasteiger partial charge in [0, 0.05) is 49.2 Å². The SMILES string of the molecule is C/C(=C\C=C(/C)N1CCOCC1)c1cc2c(-c3ccc(OC4CCN(C)C4)c(C#N)c3)ccnc2[nH]1. The van der Waals surface area contributed by atoms with E-state index in [1.165, 1.54) is 5.70 Å². The summed E-state index contributed by atoms with van der Waals surface area (Å²) in [6.07, 6.45) is 7.23. The quantitative estimate of drug-likeness (QED) is 0.507. The fourth-order valence-electron chi connectivity index (χ4n) is 4.91. The van der Waals surface area contributed by atoms with Crippen molar-refractivity contribution in [2.45, 2.75) is 26.4 Å². The van der Waals surface area contributed by atoms with Crippen molar-refractivity contribution >= 4 is 16.6 Å². The predicted octanol–water partition coefficient (Wildman–Crippen LogP) is 4.82. The summed E-state index contributed by atoms with van der Waals surface area (Å²) in [5.41, 5.74) is 6.81. The molecule has 2 aliphatic heterocycles. The third kappa shape index (κ3) is 5.15. The average molecular weight is 484 g/mol. The van der Waals surface area contributed by atoms with Crippen LogP contribution in [0.25, 0.3) is 27.7 Å². The van der Waals surface area contributed by atoms with Crippen molar-refractivity contribution in [1.82, 2.24) is 19.8 Å². The predicted molar refractivity (Wildman–Crippen MR) is 143 cm³/mol. The molecule has 186 valence electrons. The molecule has 1 N–H and O–H groups in total. The molecule has 2 saturated heterocycles. The summed E-state index contributed by atoms with van der Waals surface area (Å²) in [5, 5.41) is 10.9. The van der Waals surface area contributed by atoms with Crippen LogP contribution in [-0.4, -0.2) is 72.3 Å². The number of rotatable bonds is 6. The van der Waals surface area contributed by atoms with Crippen LogP contribution in [0.1, 0.15) is 31.5 Å². The number of hydrogen-bond donors (Lipinski definition) is 1. The Morgan fingerprint density at radius 2 is 2.00 bits per heavy atom. The smallest absolute Gasteiger partial charge is 0.138 e. The van der Waals surface area contributed by atoms with Gasteiger partial charge in [-0.2, -0.15) is 5.26 Å². The average Bonchev–Trinajstić information content (AvgIpc) is 3.53. The van der Waals surface area contributed by atoms with Crippen LogP contribution in [0.5, 0.6) is 5.75 Å². The number of pyridine rings is 1. The molecule has 0 bridgehead atoms. The van der Waals surface area contributed by atoms with E-state index >= 15 is 0 Å². The first-order valence-electron chi connectivity index (χ1n) is 12.6. The van der Waals surface area contributed by atoms with Gasteiger partial charge in [0.2, 0.25) is 0 Å². The van der Waals surface area contributed by atoms with Crippen molar-refractivity contribution in [2.75, 3.05) is 46.4 Å². The second-order valence-corrected chi connectivity index (χ2v) is 9.67. The molecule has 0 amide bonds. The van der Waals surface area contributed by atoms with E-state index in [1.807, 2.05) is 30.5 Å². The van der Waals surface area contributed by atoms with Crippen LogP contribution in [0, 0.1) is 11.3 Å². The standard InChI is InChI=1S/C29H33N5O2/c1-20(4-5-21(2)34-12-14-35-15-13-34)27-17-26-25(8-10-31-29(26)32-27)22-6-7-28(23(16-22)18-30)36-24-9-11-33(3)19-24/h4-8,10,16-17,24H,9,11-15,19H2,1-3H3,(H,31,32)/b20-4+,21-5+. The van der Waals surface area contributed by atoms with E-state index in [0.717, 1.165) is 79.2 Å². The van der Waals surface area contributed by atoms with Gasteiger partial charge in [-0.15, -0.1) is 0 Å². The van der Waals surface area contributed by atoms with Crippen LogP contribution in [0.3, 0.4) is 0 Å². The lowest BCUT2D eigenvalue weighted by Gasteiger charge is -2.29. The monoisotopic (exact) mass is 483 g/mol. The van der Waals surface area contributed by atoms with Crippen LogP contribution in [0.15, 0.2) is 54.4 Å². The number of ether oxygens (including phenoxy) is 2. The summed E-state index contributed by atoms with van der Waals surface area (Å²) in [7, 11) is 2.09. The first-order valence-corrected chi connectivity index (χ1v) is 12.6. The molecular weight excluding hydrogens is 450 g/mol.